The number of aliphatic hydroxyl groups excluding tert-OH is 1. The molecule has 0 aliphatic rings. The quantitative estimate of drug-likeness (QED) is 0.786. The van der Waals surface area contributed by atoms with Gasteiger partial charge in [0, 0.05) is 11.4 Å². The van der Waals surface area contributed by atoms with Crippen molar-refractivity contribution < 1.29 is 14.7 Å². The van der Waals surface area contributed by atoms with E-state index in [1.54, 1.807) is 48.5 Å². The number of carbonyl (C=O) groups is 2. The van der Waals surface area contributed by atoms with Crippen molar-refractivity contribution in [2.24, 2.45) is 0 Å². The summed E-state index contributed by atoms with van der Waals surface area (Å²) >= 11 is 0. The van der Waals surface area contributed by atoms with Crippen molar-refractivity contribution in [1.29, 1.82) is 0 Å². The van der Waals surface area contributed by atoms with Crippen LogP contribution in [0.3, 0.4) is 0 Å². The van der Waals surface area contributed by atoms with Gasteiger partial charge in [-0.1, -0.05) is 36.4 Å². The molecule has 2 amide bonds. The summed E-state index contributed by atoms with van der Waals surface area (Å²) in [5, 5.41) is 14.9. The summed E-state index contributed by atoms with van der Waals surface area (Å²) < 4.78 is 0. The third-order valence-corrected chi connectivity index (χ3v) is 2.78. The zero-order chi connectivity index (χ0) is 15.1. The second-order valence-electron chi connectivity index (χ2n) is 4.49. The smallest absolute Gasteiger partial charge is 0.253 e. The van der Waals surface area contributed by atoms with Gasteiger partial charge in [-0.05, 0) is 24.3 Å². The molecule has 5 nitrogen and oxygen atoms in total. The first kappa shape index (κ1) is 14.7. The van der Waals surface area contributed by atoms with Gasteiger partial charge in [-0.2, -0.15) is 0 Å². The van der Waals surface area contributed by atoms with E-state index in [2.05, 4.69) is 10.6 Å². The summed E-state index contributed by atoms with van der Waals surface area (Å²) in [5.41, 5.74) is 1.20. The topological polar surface area (TPSA) is 78.4 Å². The maximum absolute atomic E-state index is 11.8. The van der Waals surface area contributed by atoms with Crippen molar-refractivity contribution in [1.82, 2.24) is 0 Å². The van der Waals surface area contributed by atoms with E-state index in [1.807, 2.05) is 12.1 Å². The fourth-order valence-electron chi connectivity index (χ4n) is 1.75. The van der Waals surface area contributed by atoms with Gasteiger partial charge >= 0.3 is 0 Å². The molecule has 108 valence electrons. The molecule has 0 aliphatic carbocycles. The average Bonchev–Trinajstić information content (AvgIpc) is 2.49. The first-order valence-corrected chi connectivity index (χ1v) is 6.54. The number of nitrogens with one attached hydrogen (secondary N) is 2. The van der Waals surface area contributed by atoms with Crippen LogP contribution in [0, 0.1) is 0 Å². The van der Waals surface area contributed by atoms with E-state index in [1.165, 1.54) is 0 Å². The van der Waals surface area contributed by atoms with Crippen LogP contribution >= 0.6 is 0 Å². The molecule has 0 fully saturated rings. The van der Waals surface area contributed by atoms with E-state index < -0.39 is 17.9 Å². The highest BCUT2D eigenvalue weighted by molar-refractivity contribution is 5.99. The minimum Gasteiger partial charge on any atom is -0.383 e. The monoisotopic (exact) mass is 284 g/mol. The van der Waals surface area contributed by atoms with Gasteiger partial charge in [0.1, 0.15) is 6.10 Å². The Kier molecular flexibility index (Phi) is 5.06. The molecule has 3 N–H and O–H groups in total. The van der Waals surface area contributed by atoms with E-state index in [-0.39, 0.29) is 6.42 Å². The predicted molar refractivity (Wildman–Crippen MR) is 80.8 cm³/mol. The van der Waals surface area contributed by atoms with E-state index in [4.69, 9.17) is 0 Å². The van der Waals surface area contributed by atoms with Crippen LogP contribution in [0.4, 0.5) is 11.4 Å². The molecule has 0 saturated heterocycles. The third-order valence-electron chi connectivity index (χ3n) is 2.78. The summed E-state index contributed by atoms with van der Waals surface area (Å²) in [5.74, 6) is -1.03. The Morgan fingerprint density at radius 2 is 1.33 bits per heavy atom. The molecule has 0 unspecified atom stereocenters. The lowest BCUT2D eigenvalue weighted by Gasteiger charge is -2.11. The molecule has 0 aromatic heterocycles. The minimum atomic E-state index is -1.39. The first-order valence-electron chi connectivity index (χ1n) is 6.54. The summed E-state index contributed by atoms with van der Waals surface area (Å²) in [7, 11) is 0. The SMILES string of the molecule is O=C(C[C@H](O)C(=O)Nc1ccccc1)Nc1ccccc1. The fourth-order valence-corrected chi connectivity index (χ4v) is 1.75. The summed E-state index contributed by atoms with van der Waals surface area (Å²) in [6.45, 7) is 0. The maximum atomic E-state index is 11.8. The Morgan fingerprint density at radius 1 is 0.857 bits per heavy atom. The van der Waals surface area contributed by atoms with Gasteiger partial charge in [-0.25, -0.2) is 0 Å². The van der Waals surface area contributed by atoms with Crippen LogP contribution in [0.1, 0.15) is 6.42 Å². The van der Waals surface area contributed by atoms with E-state index >= 15 is 0 Å². The molecular weight excluding hydrogens is 268 g/mol. The van der Waals surface area contributed by atoms with Crippen LogP contribution in [0.15, 0.2) is 60.7 Å². The van der Waals surface area contributed by atoms with Gasteiger partial charge in [0.15, 0.2) is 0 Å². The van der Waals surface area contributed by atoms with Gasteiger partial charge in [-0.15, -0.1) is 0 Å². The molecule has 0 saturated carbocycles. The highest BCUT2D eigenvalue weighted by Gasteiger charge is 2.19. The molecule has 0 bridgehead atoms. The summed E-state index contributed by atoms with van der Waals surface area (Å²) in [4.78, 5) is 23.5. The van der Waals surface area contributed by atoms with Crippen LogP contribution in [0.2, 0.25) is 0 Å². The van der Waals surface area contributed by atoms with Gasteiger partial charge in [-0.3, -0.25) is 9.59 Å². The van der Waals surface area contributed by atoms with Crippen molar-refractivity contribution in [3.8, 4) is 0 Å². The van der Waals surface area contributed by atoms with Crippen molar-refractivity contribution in [2.45, 2.75) is 12.5 Å². The Balaban J connectivity index is 1.84. The van der Waals surface area contributed by atoms with Crippen molar-refractivity contribution >= 4 is 23.2 Å². The normalized spacial score (nSPS) is 11.5. The molecule has 0 heterocycles. The van der Waals surface area contributed by atoms with Gasteiger partial charge in [0.25, 0.3) is 5.91 Å². The standard InChI is InChI=1S/C16H16N2O3/c19-14(16(21)18-13-9-5-2-6-10-13)11-15(20)17-12-7-3-1-4-8-12/h1-10,14,19H,11H2,(H,17,20)(H,18,21)/t14-/m0/s1. The number of hydrogen-bond donors (Lipinski definition) is 3. The number of carbonyl (C=O) groups excluding carboxylic acids is 2. The summed E-state index contributed by atoms with van der Waals surface area (Å²) in [6, 6.07) is 17.6. The molecule has 0 spiro atoms. The number of para-hydroxylation sites is 2. The number of aliphatic hydroxyl groups is 1. The number of amides is 2. The van der Waals surface area contributed by atoms with E-state index in [0.717, 1.165) is 0 Å². The largest absolute Gasteiger partial charge is 0.383 e. The molecular formula is C16H16N2O3. The Bertz CT molecular complexity index is 599. The number of rotatable bonds is 5. The molecule has 0 radical (unpaired) electrons. The number of anilines is 2. The van der Waals surface area contributed by atoms with E-state index in [0.29, 0.717) is 11.4 Å². The predicted octanol–water partition coefficient (Wildman–Crippen LogP) is 2.01. The molecule has 5 heteroatoms. The lowest BCUT2D eigenvalue weighted by molar-refractivity contribution is -0.128. The third kappa shape index (κ3) is 4.74. The Labute approximate surface area is 122 Å². The first-order chi connectivity index (χ1) is 10.1. The molecule has 0 aliphatic heterocycles. The molecule has 2 aromatic carbocycles. The second-order valence-corrected chi connectivity index (χ2v) is 4.49. The zero-order valence-electron chi connectivity index (χ0n) is 11.3. The van der Waals surface area contributed by atoms with Crippen LogP contribution in [-0.2, 0) is 9.59 Å². The molecule has 1 atom stereocenters. The lowest BCUT2D eigenvalue weighted by atomic mass is 10.2. The number of benzene rings is 2. The molecule has 2 aromatic rings. The van der Waals surface area contributed by atoms with Crippen molar-refractivity contribution in [3.05, 3.63) is 60.7 Å². The minimum absolute atomic E-state index is 0.298. The molecule has 21 heavy (non-hydrogen) atoms. The second kappa shape index (κ2) is 7.21. The van der Waals surface area contributed by atoms with Crippen LogP contribution in [-0.4, -0.2) is 23.0 Å². The average molecular weight is 284 g/mol. The Morgan fingerprint density at radius 3 is 1.86 bits per heavy atom. The van der Waals surface area contributed by atoms with Crippen LogP contribution in [0.5, 0.6) is 0 Å². The lowest BCUT2D eigenvalue weighted by Crippen LogP contribution is -2.31. The van der Waals surface area contributed by atoms with Crippen LogP contribution in [0.25, 0.3) is 0 Å². The fraction of sp³-hybridized carbons (Fsp3) is 0.125. The van der Waals surface area contributed by atoms with Crippen LogP contribution < -0.4 is 10.6 Å². The Hall–Kier alpha value is -2.66. The van der Waals surface area contributed by atoms with E-state index in [9.17, 15) is 14.7 Å². The number of hydrogen-bond acceptors (Lipinski definition) is 3. The van der Waals surface area contributed by atoms with Crippen molar-refractivity contribution in [3.63, 3.8) is 0 Å². The van der Waals surface area contributed by atoms with Gasteiger partial charge < -0.3 is 15.7 Å². The summed E-state index contributed by atoms with van der Waals surface area (Å²) in [6.07, 6.45) is -1.69. The highest BCUT2D eigenvalue weighted by Crippen LogP contribution is 2.09. The zero-order valence-corrected chi connectivity index (χ0v) is 11.3. The highest BCUT2D eigenvalue weighted by atomic mass is 16.3. The van der Waals surface area contributed by atoms with Gasteiger partial charge in [0.2, 0.25) is 5.91 Å². The maximum Gasteiger partial charge on any atom is 0.253 e. The molecule has 2 rings (SSSR count). The van der Waals surface area contributed by atoms with Gasteiger partial charge in [0.05, 0.1) is 6.42 Å². The van der Waals surface area contributed by atoms with Crippen molar-refractivity contribution in [2.75, 3.05) is 10.6 Å².